The van der Waals surface area contributed by atoms with Crippen LogP contribution in [0, 0.1) is 0 Å². The molecule has 0 N–H and O–H groups in total. The summed E-state index contributed by atoms with van der Waals surface area (Å²) in [4.78, 5) is 2.47. The third-order valence-electron chi connectivity index (χ3n) is 11.8. The van der Waals surface area contributed by atoms with Crippen LogP contribution in [-0.4, -0.2) is 0 Å². The lowest BCUT2D eigenvalue weighted by atomic mass is 9.85. The van der Waals surface area contributed by atoms with Crippen molar-refractivity contribution < 1.29 is 0 Å². The van der Waals surface area contributed by atoms with Gasteiger partial charge in [-0.25, -0.2) is 0 Å². The normalized spacial score (nSPS) is 11.4. The van der Waals surface area contributed by atoms with Crippen LogP contribution in [-0.2, 0) is 0 Å². The summed E-state index contributed by atoms with van der Waals surface area (Å²) in [6.07, 6.45) is 0. The molecule has 0 aliphatic carbocycles. The minimum atomic E-state index is 1.09. The molecule has 1 heteroatoms. The van der Waals surface area contributed by atoms with Crippen molar-refractivity contribution in [2.24, 2.45) is 0 Å². The summed E-state index contributed by atoms with van der Waals surface area (Å²) >= 11 is 0. The van der Waals surface area contributed by atoms with Gasteiger partial charge in [0.15, 0.2) is 0 Å². The molecule has 0 spiro atoms. The molecule has 0 aromatic heterocycles. The average Bonchev–Trinajstić information content (AvgIpc) is 3.32. The van der Waals surface area contributed by atoms with E-state index in [1.165, 1.54) is 87.6 Å². The Morgan fingerprint density at radius 1 is 0.237 bits per heavy atom. The molecule has 1 nitrogen and oxygen atoms in total. The van der Waals surface area contributed by atoms with Crippen molar-refractivity contribution >= 4 is 60.2 Å². The van der Waals surface area contributed by atoms with Crippen LogP contribution in [0.15, 0.2) is 237 Å². The molecule has 0 saturated heterocycles. The summed E-state index contributed by atoms with van der Waals surface area (Å²) in [6, 6.07) is 86.4. The van der Waals surface area contributed by atoms with Crippen molar-refractivity contribution in [2.75, 3.05) is 4.90 Å². The standard InChI is InChI=1S/C58H39N/c1-4-18-41(19-5-1)49-35-36-56(53-29-14-12-27-50(49)53)59(47-26-16-25-45(38-47)46-32-31-40-17-10-11-24-44(40)37-46)48-33-34-52-51-28-13-15-30-54(51)57(42-20-6-2-7-21-42)58(55(52)39-48)43-22-8-3-9-23-43/h1-39H. The van der Waals surface area contributed by atoms with Gasteiger partial charge in [-0.15, -0.1) is 0 Å². The van der Waals surface area contributed by atoms with Crippen molar-refractivity contribution in [1.29, 1.82) is 0 Å². The zero-order chi connectivity index (χ0) is 39.1. The van der Waals surface area contributed by atoms with Gasteiger partial charge in [-0.05, 0) is 119 Å². The van der Waals surface area contributed by atoms with Crippen LogP contribution in [0.3, 0.4) is 0 Å². The molecule has 0 aliphatic rings. The Balaban J connectivity index is 1.21. The lowest BCUT2D eigenvalue weighted by molar-refractivity contribution is 1.30. The molecule has 0 atom stereocenters. The van der Waals surface area contributed by atoms with Gasteiger partial charge in [-0.2, -0.15) is 0 Å². The summed E-state index contributed by atoms with van der Waals surface area (Å²) in [5.41, 5.74) is 13.0. The van der Waals surface area contributed by atoms with E-state index in [-0.39, 0.29) is 0 Å². The first-order chi connectivity index (χ1) is 29.3. The first-order valence-electron chi connectivity index (χ1n) is 20.3. The second-order valence-corrected chi connectivity index (χ2v) is 15.2. The summed E-state index contributed by atoms with van der Waals surface area (Å²) in [6.45, 7) is 0. The van der Waals surface area contributed by atoms with E-state index in [9.17, 15) is 0 Å². The third kappa shape index (κ3) is 6.12. The van der Waals surface area contributed by atoms with Crippen LogP contribution < -0.4 is 4.90 Å². The van der Waals surface area contributed by atoms with Crippen LogP contribution >= 0.6 is 0 Å². The van der Waals surface area contributed by atoms with Gasteiger partial charge >= 0.3 is 0 Å². The molecule has 0 unspecified atom stereocenters. The van der Waals surface area contributed by atoms with E-state index in [1.807, 2.05) is 0 Å². The molecule has 11 rings (SSSR count). The van der Waals surface area contributed by atoms with Crippen LogP contribution in [0.25, 0.3) is 87.6 Å². The highest BCUT2D eigenvalue weighted by Gasteiger charge is 2.22. The molecule has 276 valence electrons. The Labute approximate surface area is 344 Å². The molecule has 0 saturated carbocycles. The predicted molar refractivity (Wildman–Crippen MR) is 253 cm³/mol. The topological polar surface area (TPSA) is 3.24 Å². The Kier molecular flexibility index (Phi) is 8.56. The second kappa shape index (κ2) is 14.6. The van der Waals surface area contributed by atoms with E-state index in [1.54, 1.807) is 0 Å². The van der Waals surface area contributed by atoms with Gasteiger partial charge in [0.2, 0.25) is 0 Å². The van der Waals surface area contributed by atoms with E-state index >= 15 is 0 Å². The molecule has 0 radical (unpaired) electrons. The Hall–Kier alpha value is -7.74. The minimum absolute atomic E-state index is 1.09. The van der Waals surface area contributed by atoms with E-state index in [0.717, 1.165) is 17.1 Å². The summed E-state index contributed by atoms with van der Waals surface area (Å²) in [7, 11) is 0. The molecular formula is C58H39N. The van der Waals surface area contributed by atoms with Gasteiger partial charge in [0, 0.05) is 16.8 Å². The van der Waals surface area contributed by atoms with E-state index in [2.05, 4.69) is 241 Å². The summed E-state index contributed by atoms with van der Waals surface area (Å²) in [5, 5.41) is 9.83. The predicted octanol–water partition coefficient (Wildman–Crippen LogP) is 16.4. The summed E-state index contributed by atoms with van der Waals surface area (Å²) < 4.78 is 0. The van der Waals surface area contributed by atoms with Crippen molar-refractivity contribution in [2.45, 2.75) is 0 Å². The monoisotopic (exact) mass is 749 g/mol. The second-order valence-electron chi connectivity index (χ2n) is 15.2. The van der Waals surface area contributed by atoms with Crippen molar-refractivity contribution in [1.82, 2.24) is 0 Å². The molecule has 11 aromatic carbocycles. The first kappa shape index (κ1) is 34.5. The number of nitrogens with zero attached hydrogens (tertiary/aromatic N) is 1. The van der Waals surface area contributed by atoms with Gasteiger partial charge in [0.25, 0.3) is 0 Å². The Bertz CT molecular complexity index is 3310. The molecule has 0 fully saturated rings. The molecule has 0 amide bonds. The van der Waals surface area contributed by atoms with Crippen molar-refractivity contribution in [3.8, 4) is 44.5 Å². The molecule has 11 aromatic rings. The van der Waals surface area contributed by atoms with Gasteiger partial charge in [-0.1, -0.05) is 200 Å². The van der Waals surface area contributed by atoms with Crippen molar-refractivity contribution in [3.05, 3.63) is 237 Å². The van der Waals surface area contributed by atoms with Gasteiger partial charge in [-0.3, -0.25) is 0 Å². The van der Waals surface area contributed by atoms with Crippen LogP contribution in [0.2, 0.25) is 0 Å². The SMILES string of the molecule is c1ccc(-c2ccc(N(c3cccc(-c4ccc5ccccc5c4)c3)c3ccc4c(c3)c(-c3ccccc3)c(-c3ccccc3)c3ccccc34)c3ccccc23)cc1. The highest BCUT2D eigenvalue weighted by molar-refractivity contribution is 6.22. The maximum Gasteiger partial charge on any atom is 0.0540 e. The molecule has 0 heterocycles. The number of fused-ring (bicyclic) bond motifs is 5. The summed E-state index contributed by atoms with van der Waals surface area (Å²) in [5.74, 6) is 0. The number of rotatable bonds is 7. The molecule has 59 heavy (non-hydrogen) atoms. The lowest BCUT2D eigenvalue weighted by Crippen LogP contribution is -2.11. The maximum atomic E-state index is 2.47. The highest BCUT2D eigenvalue weighted by Crippen LogP contribution is 2.48. The number of benzene rings is 11. The highest BCUT2D eigenvalue weighted by atomic mass is 15.1. The minimum Gasteiger partial charge on any atom is -0.310 e. The average molecular weight is 750 g/mol. The van der Waals surface area contributed by atoms with Gasteiger partial charge in [0.05, 0.1) is 5.69 Å². The fourth-order valence-corrected chi connectivity index (χ4v) is 9.10. The van der Waals surface area contributed by atoms with Gasteiger partial charge in [0.1, 0.15) is 0 Å². The first-order valence-corrected chi connectivity index (χ1v) is 20.3. The van der Waals surface area contributed by atoms with Crippen LogP contribution in [0.5, 0.6) is 0 Å². The largest absolute Gasteiger partial charge is 0.310 e. The van der Waals surface area contributed by atoms with Crippen LogP contribution in [0.1, 0.15) is 0 Å². The Morgan fingerprint density at radius 2 is 0.763 bits per heavy atom. The van der Waals surface area contributed by atoms with E-state index < -0.39 is 0 Å². The molecule has 0 bridgehead atoms. The number of hydrogen-bond acceptors (Lipinski definition) is 1. The lowest BCUT2D eigenvalue weighted by Gasteiger charge is -2.29. The smallest absolute Gasteiger partial charge is 0.0540 e. The fraction of sp³-hybridized carbons (Fsp3) is 0. The molecule has 0 aliphatic heterocycles. The van der Waals surface area contributed by atoms with E-state index in [0.29, 0.717) is 0 Å². The quantitative estimate of drug-likeness (QED) is 0.147. The Morgan fingerprint density at radius 3 is 1.49 bits per heavy atom. The number of anilines is 3. The third-order valence-corrected chi connectivity index (χ3v) is 11.8. The molecular weight excluding hydrogens is 711 g/mol. The maximum absolute atomic E-state index is 2.47. The van der Waals surface area contributed by atoms with Crippen molar-refractivity contribution in [3.63, 3.8) is 0 Å². The fourth-order valence-electron chi connectivity index (χ4n) is 9.10. The zero-order valence-corrected chi connectivity index (χ0v) is 32.5. The van der Waals surface area contributed by atoms with Gasteiger partial charge < -0.3 is 4.90 Å². The van der Waals surface area contributed by atoms with E-state index in [4.69, 9.17) is 0 Å². The zero-order valence-electron chi connectivity index (χ0n) is 32.5. The van der Waals surface area contributed by atoms with Crippen LogP contribution in [0.4, 0.5) is 17.1 Å². The number of hydrogen-bond donors (Lipinski definition) is 0.